The van der Waals surface area contributed by atoms with Crippen molar-refractivity contribution in [2.45, 2.75) is 50.2 Å². The smallest absolute Gasteiger partial charge is 0.0740 e. The van der Waals surface area contributed by atoms with Crippen LogP contribution in [0.3, 0.4) is 0 Å². The molecule has 0 radical (unpaired) electrons. The van der Waals surface area contributed by atoms with Gasteiger partial charge < -0.3 is 9.84 Å². The normalized spacial score (nSPS) is 67.3. The second kappa shape index (κ2) is 1.92. The molecule has 78 valence electrons. The minimum absolute atomic E-state index is 0.0828. The second-order valence-corrected chi connectivity index (χ2v) is 6.08. The highest BCUT2D eigenvalue weighted by Gasteiger charge is 2.84. The number of fused-ring (bicyclic) bond motifs is 1. The fraction of sp³-hybridized carbons (Fsp3) is 1.00. The molecule has 0 aromatic rings. The Bertz CT molecular complexity index is 315. The summed E-state index contributed by atoms with van der Waals surface area (Å²) in [5.41, 5.74) is 0.107. The van der Waals surface area contributed by atoms with Gasteiger partial charge in [-0.25, -0.2) is 0 Å². The van der Waals surface area contributed by atoms with Gasteiger partial charge in [-0.3, -0.25) is 0 Å². The van der Waals surface area contributed by atoms with E-state index in [1.54, 1.807) is 0 Å². The van der Waals surface area contributed by atoms with Crippen LogP contribution in [0.15, 0.2) is 0 Å². The zero-order valence-corrected chi connectivity index (χ0v) is 8.75. The van der Waals surface area contributed by atoms with Crippen molar-refractivity contribution in [3.8, 4) is 0 Å². The third kappa shape index (κ3) is 0.548. The van der Waals surface area contributed by atoms with Crippen LogP contribution in [0.5, 0.6) is 0 Å². The Labute approximate surface area is 84.6 Å². The van der Waals surface area contributed by atoms with Crippen molar-refractivity contribution in [2.75, 3.05) is 6.61 Å². The van der Waals surface area contributed by atoms with Crippen LogP contribution in [-0.2, 0) is 4.74 Å². The van der Waals surface area contributed by atoms with Crippen molar-refractivity contribution in [3.63, 3.8) is 0 Å². The van der Waals surface area contributed by atoms with Gasteiger partial charge in [0.1, 0.15) is 0 Å². The van der Waals surface area contributed by atoms with Crippen LogP contribution in [0.4, 0.5) is 0 Å². The molecule has 0 aliphatic heterocycles. The van der Waals surface area contributed by atoms with Gasteiger partial charge >= 0.3 is 0 Å². The van der Waals surface area contributed by atoms with Crippen LogP contribution in [0.25, 0.3) is 0 Å². The summed E-state index contributed by atoms with van der Waals surface area (Å²) in [6, 6.07) is 0. The highest BCUT2D eigenvalue weighted by atomic mass is 16.5. The first kappa shape index (κ1) is 8.12. The SMILES string of the molecule is CCOC12CC3CC4CC(O)(C1)C34C2. The van der Waals surface area contributed by atoms with Crippen LogP contribution in [0.2, 0.25) is 0 Å². The fourth-order valence-electron chi connectivity index (χ4n) is 5.57. The summed E-state index contributed by atoms with van der Waals surface area (Å²) in [7, 11) is 0. The predicted octanol–water partition coefficient (Wildman–Crippen LogP) is 1.72. The summed E-state index contributed by atoms with van der Waals surface area (Å²) >= 11 is 0. The lowest BCUT2D eigenvalue weighted by Crippen LogP contribution is -2.71. The molecule has 0 amide bonds. The van der Waals surface area contributed by atoms with Gasteiger partial charge in [-0.1, -0.05) is 0 Å². The van der Waals surface area contributed by atoms with Crippen LogP contribution in [-0.4, -0.2) is 22.9 Å². The average molecular weight is 194 g/mol. The van der Waals surface area contributed by atoms with Crippen LogP contribution >= 0.6 is 0 Å². The summed E-state index contributed by atoms with van der Waals surface area (Å²) in [4.78, 5) is 0. The molecule has 0 aromatic heterocycles. The lowest BCUT2D eigenvalue weighted by Gasteiger charge is -2.70. The Morgan fingerprint density at radius 1 is 1.29 bits per heavy atom. The molecule has 2 heteroatoms. The molecule has 0 aromatic carbocycles. The maximum Gasteiger partial charge on any atom is 0.0740 e. The molecule has 4 fully saturated rings. The molecule has 4 saturated carbocycles. The van der Waals surface area contributed by atoms with E-state index in [9.17, 15) is 5.11 Å². The van der Waals surface area contributed by atoms with E-state index < -0.39 is 0 Å². The minimum atomic E-state index is -0.312. The molecule has 0 heterocycles. The summed E-state index contributed by atoms with van der Waals surface area (Å²) in [5, 5.41) is 10.5. The molecular formula is C12H18O2. The summed E-state index contributed by atoms with van der Waals surface area (Å²) < 4.78 is 5.96. The van der Waals surface area contributed by atoms with Gasteiger partial charge in [-0.15, -0.1) is 0 Å². The first-order valence-electron chi connectivity index (χ1n) is 6.01. The molecule has 5 atom stereocenters. The summed E-state index contributed by atoms with van der Waals surface area (Å²) in [6.07, 6.45) is 5.77. The Hall–Kier alpha value is -0.0800. The molecule has 2 nitrogen and oxygen atoms in total. The van der Waals surface area contributed by atoms with E-state index in [0.29, 0.717) is 5.41 Å². The number of aliphatic hydroxyl groups is 1. The van der Waals surface area contributed by atoms with E-state index in [1.165, 1.54) is 19.3 Å². The van der Waals surface area contributed by atoms with Gasteiger partial charge in [0, 0.05) is 18.4 Å². The van der Waals surface area contributed by atoms with E-state index in [1.807, 2.05) is 0 Å². The lowest BCUT2D eigenvalue weighted by atomic mass is 9.36. The standard InChI is InChI=1S/C12H18O2/c1-2-14-10-4-8-3-9-5-11(13,6-10)12(8,9)7-10/h8-9,13H,2-7H2,1H3. The largest absolute Gasteiger partial charge is 0.389 e. The first-order chi connectivity index (χ1) is 6.64. The molecule has 5 unspecified atom stereocenters. The number of hydrogen-bond donors (Lipinski definition) is 1. The first-order valence-corrected chi connectivity index (χ1v) is 6.01. The van der Waals surface area contributed by atoms with E-state index in [0.717, 1.165) is 31.3 Å². The van der Waals surface area contributed by atoms with Gasteiger partial charge in [0.25, 0.3) is 0 Å². The minimum Gasteiger partial charge on any atom is -0.389 e. The topological polar surface area (TPSA) is 29.5 Å². The maximum absolute atomic E-state index is 10.5. The Kier molecular flexibility index (Phi) is 1.11. The third-order valence-corrected chi connectivity index (χ3v) is 5.77. The zero-order valence-electron chi connectivity index (χ0n) is 8.75. The van der Waals surface area contributed by atoms with E-state index in [-0.39, 0.29) is 11.2 Å². The van der Waals surface area contributed by atoms with Gasteiger partial charge in [-0.2, -0.15) is 0 Å². The zero-order chi connectivity index (χ0) is 9.60. The predicted molar refractivity (Wildman–Crippen MR) is 51.8 cm³/mol. The van der Waals surface area contributed by atoms with Gasteiger partial charge in [-0.05, 0) is 44.4 Å². The van der Waals surface area contributed by atoms with Crippen LogP contribution < -0.4 is 0 Å². The number of hydrogen-bond acceptors (Lipinski definition) is 2. The number of rotatable bonds is 2. The van der Waals surface area contributed by atoms with Crippen molar-refractivity contribution < 1.29 is 9.84 Å². The Morgan fingerprint density at radius 2 is 2.07 bits per heavy atom. The van der Waals surface area contributed by atoms with E-state index in [4.69, 9.17) is 4.74 Å². The van der Waals surface area contributed by atoms with Gasteiger partial charge in [0.05, 0.1) is 11.2 Å². The third-order valence-electron chi connectivity index (χ3n) is 5.77. The van der Waals surface area contributed by atoms with E-state index in [2.05, 4.69) is 6.92 Å². The summed E-state index contributed by atoms with van der Waals surface area (Å²) in [5.74, 6) is 1.65. The Morgan fingerprint density at radius 3 is 2.64 bits per heavy atom. The van der Waals surface area contributed by atoms with Crippen molar-refractivity contribution >= 4 is 0 Å². The van der Waals surface area contributed by atoms with Crippen LogP contribution in [0, 0.1) is 17.3 Å². The van der Waals surface area contributed by atoms with Crippen molar-refractivity contribution in [3.05, 3.63) is 0 Å². The highest BCUT2D eigenvalue weighted by molar-refractivity contribution is 5.34. The molecule has 0 saturated heterocycles. The van der Waals surface area contributed by atoms with Gasteiger partial charge in [0.15, 0.2) is 0 Å². The summed E-state index contributed by atoms with van der Waals surface area (Å²) in [6.45, 7) is 2.89. The van der Waals surface area contributed by atoms with Crippen molar-refractivity contribution in [1.82, 2.24) is 0 Å². The van der Waals surface area contributed by atoms with E-state index >= 15 is 0 Å². The van der Waals surface area contributed by atoms with Crippen LogP contribution in [0.1, 0.15) is 39.0 Å². The fourth-order valence-corrected chi connectivity index (χ4v) is 5.57. The lowest BCUT2D eigenvalue weighted by molar-refractivity contribution is -0.288. The monoisotopic (exact) mass is 194 g/mol. The molecule has 2 bridgehead atoms. The molecule has 1 spiro atoms. The number of ether oxygens (including phenoxy) is 1. The molecule has 4 aliphatic carbocycles. The Balaban J connectivity index is 1.76. The van der Waals surface area contributed by atoms with Crippen molar-refractivity contribution in [1.29, 1.82) is 0 Å². The molecular weight excluding hydrogens is 176 g/mol. The highest BCUT2D eigenvalue weighted by Crippen LogP contribution is 2.84. The maximum atomic E-state index is 10.5. The van der Waals surface area contributed by atoms with Gasteiger partial charge in [0.2, 0.25) is 0 Å². The molecule has 4 aliphatic rings. The quantitative estimate of drug-likeness (QED) is 0.725. The second-order valence-electron chi connectivity index (χ2n) is 6.08. The molecule has 4 rings (SSSR count). The molecule has 1 N–H and O–H groups in total. The molecule has 14 heavy (non-hydrogen) atoms. The van der Waals surface area contributed by atoms with Crippen molar-refractivity contribution in [2.24, 2.45) is 17.3 Å². The average Bonchev–Trinajstić information content (AvgIpc) is 2.48.